The number of aromatic amines is 1. The molecule has 0 bridgehead atoms. The third-order valence-electron chi connectivity index (χ3n) is 2.83. The van der Waals surface area contributed by atoms with Crippen LogP contribution in [0.4, 0.5) is 0 Å². The van der Waals surface area contributed by atoms with Gasteiger partial charge in [0.25, 0.3) is 0 Å². The Morgan fingerprint density at radius 2 is 2.18 bits per heavy atom. The number of hydrogen-bond acceptors (Lipinski definition) is 3. The lowest BCUT2D eigenvalue weighted by atomic mass is 10.1. The average molecular weight is 258 g/mol. The van der Waals surface area contributed by atoms with Crippen molar-refractivity contribution < 1.29 is 0 Å². The maximum absolute atomic E-state index is 5.22. The van der Waals surface area contributed by atoms with Gasteiger partial charge in [-0.15, -0.1) is 11.3 Å². The van der Waals surface area contributed by atoms with Crippen molar-refractivity contribution in [2.75, 3.05) is 0 Å². The highest BCUT2D eigenvalue weighted by molar-refractivity contribution is 7.71. The Morgan fingerprint density at radius 3 is 3.06 bits per heavy atom. The van der Waals surface area contributed by atoms with Crippen LogP contribution in [-0.2, 0) is 0 Å². The average Bonchev–Trinajstić information content (AvgIpc) is 2.81. The van der Waals surface area contributed by atoms with Crippen molar-refractivity contribution in [1.29, 1.82) is 0 Å². The van der Waals surface area contributed by atoms with Gasteiger partial charge >= 0.3 is 0 Å². The molecule has 0 aliphatic carbocycles. The summed E-state index contributed by atoms with van der Waals surface area (Å²) in [6.45, 7) is 2.01. The molecular weight excluding hydrogens is 248 g/mol. The number of hydrogen-bond donors (Lipinski definition) is 1. The smallest absolute Gasteiger partial charge is 0.132 e. The van der Waals surface area contributed by atoms with Gasteiger partial charge in [-0.2, -0.15) is 0 Å². The second-order valence-corrected chi connectivity index (χ2v) is 5.16. The van der Waals surface area contributed by atoms with Gasteiger partial charge < -0.3 is 4.98 Å². The van der Waals surface area contributed by atoms with E-state index in [1.807, 2.05) is 6.92 Å². The first-order chi connectivity index (χ1) is 8.27. The van der Waals surface area contributed by atoms with E-state index in [0.29, 0.717) is 4.64 Å². The van der Waals surface area contributed by atoms with Crippen molar-refractivity contribution >= 4 is 33.6 Å². The van der Waals surface area contributed by atoms with Crippen LogP contribution in [-0.4, -0.2) is 9.97 Å². The molecule has 0 aliphatic heterocycles. The molecule has 0 saturated carbocycles. The van der Waals surface area contributed by atoms with Crippen molar-refractivity contribution in [2.24, 2.45) is 0 Å². The second-order valence-electron chi connectivity index (χ2n) is 3.85. The van der Waals surface area contributed by atoms with Gasteiger partial charge in [-0.25, -0.2) is 4.98 Å². The molecule has 2 aromatic heterocycles. The van der Waals surface area contributed by atoms with Crippen LogP contribution in [0.15, 0.2) is 36.0 Å². The van der Waals surface area contributed by atoms with Gasteiger partial charge in [-0.05, 0) is 23.8 Å². The van der Waals surface area contributed by atoms with Crippen molar-refractivity contribution in [3.63, 3.8) is 0 Å². The van der Waals surface area contributed by atoms with Gasteiger partial charge in [-0.3, -0.25) is 0 Å². The minimum atomic E-state index is 0.660. The van der Waals surface area contributed by atoms with Crippen LogP contribution in [0.1, 0.15) is 5.56 Å². The van der Waals surface area contributed by atoms with Gasteiger partial charge in [0, 0.05) is 15.8 Å². The summed E-state index contributed by atoms with van der Waals surface area (Å²) < 4.78 is 1.94. The Balaban J connectivity index is 2.38. The minimum Gasteiger partial charge on any atom is -0.345 e. The van der Waals surface area contributed by atoms with E-state index in [1.165, 1.54) is 15.6 Å². The largest absolute Gasteiger partial charge is 0.345 e. The van der Waals surface area contributed by atoms with Crippen LogP contribution in [0, 0.1) is 11.6 Å². The fourth-order valence-electron chi connectivity index (χ4n) is 1.94. The number of fused-ring (bicyclic) bond motifs is 1. The Hall–Kier alpha value is -1.52. The summed E-state index contributed by atoms with van der Waals surface area (Å²) >= 11 is 6.96. The third kappa shape index (κ3) is 1.69. The topological polar surface area (TPSA) is 28.7 Å². The van der Waals surface area contributed by atoms with Gasteiger partial charge in [0.15, 0.2) is 0 Å². The molecule has 3 aromatic rings. The molecule has 2 nitrogen and oxygen atoms in total. The Bertz CT molecular complexity index is 740. The lowest BCUT2D eigenvalue weighted by Crippen LogP contribution is -1.91. The number of nitrogens with one attached hydrogen (secondary N) is 1. The van der Waals surface area contributed by atoms with Crippen LogP contribution < -0.4 is 0 Å². The maximum atomic E-state index is 5.22. The van der Waals surface area contributed by atoms with E-state index in [1.54, 1.807) is 17.7 Å². The SMILES string of the molecule is Cc1c(-c2cccc3ccsc23)[nH]cnc1=S. The monoisotopic (exact) mass is 258 g/mol. The van der Waals surface area contributed by atoms with Gasteiger partial charge in [0.05, 0.1) is 12.0 Å². The van der Waals surface area contributed by atoms with E-state index in [0.717, 1.165) is 11.3 Å². The van der Waals surface area contributed by atoms with Gasteiger partial charge in [0.2, 0.25) is 0 Å². The van der Waals surface area contributed by atoms with Crippen molar-refractivity contribution in [3.8, 4) is 11.3 Å². The number of nitrogens with zero attached hydrogens (tertiary/aromatic N) is 1. The zero-order chi connectivity index (χ0) is 11.8. The first-order valence-corrected chi connectivity index (χ1v) is 6.57. The summed E-state index contributed by atoms with van der Waals surface area (Å²) in [6.07, 6.45) is 1.66. The van der Waals surface area contributed by atoms with Crippen LogP contribution in [0.3, 0.4) is 0 Å². The number of benzene rings is 1. The first-order valence-electron chi connectivity index (χ1n) is 5.28. The molecule has 0 fully saturated rings. The lowest BCUT2D eigenvalue weighted by Gasteiger charge is -2.06. The van der Waals surface area contributed by atoms with Crippen molar-refractivity contribution in [3.05, 3.63) is 46.2 Å². The normalized spacial score (nSPS) is 10.9. The summed E-state index contributed by atoms with van der Waals surface area (Å²) in [5.41, 5.74) is 3.30. The molecule has 0 radical (unpaired) electrons. The van der Waals surface area contributed by atoms with E-state index in [9.17, 15) is 0 Å². The summed E-state index contributed by atoms with van der Waals surface area (Å²) in [6, 6.07) is 8.45. The fourth-order valence-corrected chi connectivity index (χ4v) is 3.01. The Kier molecular flexibility index (Phi) is 2.53. The maximum Gasteiger partial charge on any atom is 0.132 e. The Morgan fingerprint density at radius 1 is 1.29 bits per heavy atom. The zero-order valence-corrected chi connectivity index (χ0v) is 10.9. The van der Waals surface area contributed by atoms with E-state index < -0.39 is 0 Å². The molecule has 4 heteroatoms. The molecule has 0 aliphatic rings. The molecule has 1 aromatic carbocycles. The zero-order valence-electron chi connectivity index (χ0n) is 9.23. The van der Waals surface area contributed by atoms with Crippen LogP contribution >= 0.6 is 23.6 Å². The quantitative estimate of drug-likeness (QED) is 0.658. The summed E-state index contributed by atoms with van der Waals surface area (Å²) in [5.74, 6) is 0. The molecule has 17 heavy (non-hydrogen) atoms. The second kappa shape index (κ2) is 4.05. The third-order valence-corrected chi connectivity index (χ3v) is 4.21. The van der Waals surface area contributed by atoms with Crippen LogP contribution in [0.5, 0.6) is 0 Å². The summed E-state index contributed by atoms with van der Waals surface area (Å²) in [7, 11) is 0. The highest BCUT2D eigenvalue weighted by Gasteiger charge is 2.08. The predicted molar refractivity (Wildman–Crippen MR) is 75.0 cm³/mol. The van der Waals surface area contributed by atoms with Crippen LogP contribution in [0.2, 0.25) is 0 Å². The minimum absolute atomic E-state index is 0.660. The van der Waals surface area contributed by atoms with Gasteiger partial charge in [0.1, 0.15) is 4.64 Å². The standard InChI is InChI=1S/C13H10N2S2/c1-8-11(14-7-15-13(8)16)10-4-2-3-9-5-6-17-12(9)10/h2-7H,1H3,(H,14,15,16). The molecular formula is C13H10N2S2. The molecule has 0 unspecified atom stereocenters. The highest BCUT2D eigenvalue weighted by atomic mass is 32.1. The van der Waals surface area contributed by atoms with Crippen molar-refractivity contribution in [2.45, 2.75) is 6.92 Å². The Labute approximate surface area is 108 Å². The molecule has 0 amide bonds. The molecule has 0 spiro atoms. The fraction of sp³-hybridized carbons (Fsp3) is 0.0769. The van der Waals surface area contributed by atoms with Gasteiger partial charge in [-0.1, -0.05) is 30.4 Å². The number of H-pyrrole nitrogens is 1. The van der Waals surface area contributed by atoms with Crippen molar-refractivity contribution in [1.82, 2.24) is 9.97 Å². The lowest BCUT2D eigenvalue weighted by molar-refractivity contribution is 1.12. The number of rotatable bonds is 1. The van der Waals surface area contributed by atoms with E-state index in [-0.39, 0.29) is 0 Å². The van der Waals surface area contributed by atoms with E-state index >= 15 is 0 Å². The highest BCUT2D eigenvalue weighted by Crippen LogP contribution is 2.32. The van der Waals surface area contributed by atoms with E-state index in [2.05, 4.69) is 39.6 Å². The van der Waals surface area contributed by atoms with E-state index in [4.69, 9.17) is 12.2 Å². The molecule has 0 saturated heterocycles. The predicted octanol–water partition coefficient (Wildman–Crippen LogP) is 4.33. The number of aromatic nitrogens is 2. The molecule has 3 rings (SSSR count). The summed E-state index contributed by atoms with van der Waals surface area (Å²) in [5, 5.41) is 3.38. The molecule has 84 valence electrons. The van der Waals surface area contributed by atoms with Crippen LogP contribution in [0.25, 0.3) is 21.3 Å². The molecule has 0 atom stereocenters. The summed E-state index contributed by atoms with van der Waals surface area (Å²) in [4.78, 5) is 7.30. The molecule has 2 heterocycles. The molecule has 1 N–H and O–H groups in total. The number of thiophene rings is 1. The first kappa shape index (κ1) is 10.6.